The van der Waals surface area contributed by atoms with Crippen molar-refractivity contribution in [3.8, 4) is 0 Å². The standard InChI is InChI=1S/C18H19N5O3S/c1-11(2)22-9-16(26-21-22)20-15(24)10-27-18-19-14-6-4-3-5-13(14)17(25)23(18)12-7-8-12/h3-6,9,11-12H,7-8,10H2,1-2H3. The second-order valence-corrected chi connectivity index (χ2v) is 7.67. The Labute approximate surface area is 159 Å². The number of aliphatic imine (C=N–C) groups is 1. The first-order chi connectivity index (χ1) is 13.0. The van der Waals surface area contributed by atoms with Crippen LogP contribution in [0.15, 0.2) is 49.9 Å². The summed E-state index contributed by atoms with van der Waals surface area (Å²) in [4.78, 5) is 21.3. The Kier molecular flexibility index (Phi) is 4.69. The van der Waals surface area contributed by atoms with Gasteiger partial charge in [-0.15, -0.1) is 0 Å². The zero-order valence-corrected chi connectivity index (χ0v) is 15.8. The molecule has 1 aromatic carbocycles. The van der Waals surface area contributed by atoms with E-state index in [1.54, 1.807) is 21.5 Å². The molecule has 0 unspecified atom stereocenters. The molecule has 0 amide bonds. The molecule has 0 spiro atoms. The van der Waals surface area contributed by atoms with E-state index in [9.17, 15) is 9.90 Å². The maximum absolute atomic E-state index is 12.8. The molecule has 1 aliphatic rings. The highest BCUT2D eigenvalue weighted by Gasteiger charge is 2.28. The summed E-state index contributed by atoms with van der Waals surface area (Å²) in [6, 6.07) is 7.56. The quantitative estimate of drug-likeness (QED) is 0.211. The fourth-order valence-corrected chi connectivity index (χ4v) is 3.56. The topological polar surface area (TPSA) is 100 Å². The molecule has 0 bridgehead atoms. The monoisotopic (exact) mass is 385 g/mol. The zero-order valence-electron chi connectivity index (χ0n) is 15.0. The molecule has 9 heteroatoms. The third-order valence-electron chi connectivity index (χ3n) is 4.25. The van der Waals surface area contributed by atoms with Crippen molar-refractivity contribution in [3.63, 3.8) is 0 Å². The molecule has 4 rings (SSSR count). The SMILES string of the molecule is CC(C)[n+]1cc(/N=C(/[O-])CSc2nc3ccccc3c(=O)n2C2CC2)on1. The molecular formula is C18H19N5O3S. The van der Waals surface area contributed by atoms with Crippen molar-refractivity contribution >= 4 is 34.4 Å². The summed E-state index contributed by atoms with van der Waals surface area (Å²) in [5.74, 6) is -0.128. The van der Waals surface area contributed by atoms with Crippen molar-refractivity contribution in [1.29, 1.82) is 0 Å². The molecule has 0 saturated heterocycles. The van der Waals surface area contributed by atoms with Gasteiger partial charge in [0.2, 0.25) is 5.27 Å². The van der Waals surface area contributed by atoms with Gasteiger partial charge >= 0.3 is 5.88 Å². The molecule has 8 nitrogen and oxygen atoms in total. The van der Waals surface area contributed by atoms with Gasteiger partial charge in [0.15, 0.2) is 11.2 Å². The van der Waals surface area contributed by atoms with Gasteiger partial charge in [-0.1, -0.05) is 23.9 Å². The summed E-state index contributed by atoms with van der Waals surface area (Å²) >= 11 is 1.22. The summed E-state index contributed by atoms with van der Waals surface area (Å²) in [5.41, 5.74) is 0.586. The van der Waals surface area contributed by atoms with Crippen LogP contribution in [0.5, 0.6) is 0 Å². The van der Waals surface area contributed by atoms with E-state index >= 15 is 0 Å². The Bertz CT molecular complexity index is 1070. The number of benzene rings is 1. The van der Waals surface area contributed by atoms with E-state index in [0.717, 1.165) is 12.8 Å². The first-order valence-electron chi connectivity index (χ1n) is 8.79. The number of nitrogens with zero attached hydrogens (tertiary/aromatic N) is 5. The Hall–Kier alpha value is -2.68. The minimum Gasteiger partial charge on any atom is -0.861 e. The van der Waals surface area contributed by atoms with E-state index in [1.165, 1.54) is 11.8 Å². The molecule has 140 valence electrons. The lowest BCUT2D eigenvalue weighted by Crippen LogP contribution is -2.36. The van der Waals surface area contributed by atoms with Crippen molar-refractivity contribution in [1.82, 2.24) is 14.8 Å². The highest BCUT2D eigenvalue weighted by molar-refractivity contribution is 7.99. The third kappa shape index (κ3) is 3.73. The van der Waals surface area contributed by atoms with Gasteiger partial charge in [-0.05, 0) is 49.4 Å². The van der Waals surface area contributed by atoms with Crippen LogP contribution < -0.4 is 15.3 Å². The average Bonchev–Trinajstić information content (AvgIpc) is 3.37. The van der Waals surface area contributed by atoms with Gasteiger partial charge < -0.3 is 5.11 Å². The number of hydrogen-bond donors (Lipinski definition) is 0. The maximum atomic E-state index is 12.8. The van der Waals surface area contributed by atoms with Gasteiger partial charge in [-0.25, -0.2) is 9.98 Å². The Morgan fingerprint density at radius 2 is 2.22 bits per heavy atom. The zero-order chi connectivity index (χ0) is 19.0. The molecule has 3 aromatic rings. The number of hydrogen-bond acceptors (Lipinski definition) is 7. The summed E-state index contributed by atoms with van der Waals surface area (Å²) in [6.45, 7) is 3.90. The molecule has 0 N–H and O–H groups in total. The van der Waals surface area contributed by atoms with Gasteiger partial charge in [0.25, 0.3) is 11.8 Å². The molecule has 2 aromatic heterocycles. The first kappa shape index (κ1) is 17.7. The molecule has 1 saturated carbocycles. The lowest BCUT2D eigenvalue weighted by molar-refractivity contribution is -0.779. The van der Waals surface area contributed by atoms with Crippen LogP contribution in [0.2, 0.25) is 0 Å². The average molecular weight is 385 g/mol. The molecule has 0 radical (unpaired) electrons. The number of rotatable bonds is 6. The predicted molar refractivity (Wildman–Crippen MR) is 99.2 cm³/mol. The fraction of sp³-hybridized carbons (Fsp3) is 0.389. The smallest absolute Gasteiger partial charge is 0.320 e. The van der Waals surface area contributed by atoms with Gasteiger partial charge in [-0.3, -0.25) is 13.9 Å². The second-order valence-electron chi connectivity index (χ2n) is 6.73. The van der Waals surface area contributed by atoms with Crippen LogP contribution in [-0.2, 0) is 0 Å². The lowest BCUT2D eigenvalue weighted by Gasteiger charge is -2.14. The summed E-state index contributed by atoms with van der Waals surface area (Å²) in [5, 5.41) is 17.2. The Morgan fingerprint density at radius 3 is 2.93 bits per heavy atom. The maximum Gasteiger partial charge on any atom is 0.320 e. The van der Waals surface area contributed by atoms with Crippen molar-refractivity contribution in [2.24, 2.45) is 4.99 Å². The van der Waals surface area contributed by atoms with Crippen molar-refractivity contribution in [2.75, 3.05) is 5.75 Å². The number of thioether (sulfide) groups is 1. The molecule has 27 heavy (non-hydrogen) atoms. The molecule has 0 aliphatic heterocycles. The highest BCUT2D eigenvalue weighted by atomic mass is 32.2. The van der Waals surface area contributed by atoms with E-state index < -0.39 is 0 Å². The van der Waals surface area contributed by atoms with E-state index in [0.29, 0.717) is 16.1 Å². The van der Waals surface area contributed by atoms with E-state index in [4.69, 9.17) is 4.52 Å². The molecular weight excluding hydrogens is 366 g/mol. The fourth-order valence-electron chi connectivity index (χ4n) is 2.71. The number of fused-ring (bicyclic) bond motifs is 1. The summed E-state index contributed by atoms with van der Waals surface area (Å²) < 4.78 is 8.34. The van der Waals surface area contributed by atoms with Gasteiger partial charge in [0.1, 0.15) is 0 Å². The minimum atomic E-state index is -0.364. The first-order valence-corrected chi connectivity index (χ1v) is 9.78. The highest BCUT2D eigenvalue weighted by Crippen LogP contribution is 2.36. The molecule has 2 heterocycles. The predicted octanol–water partition coefficient (Wildman–Crippen LogP) is 1.77. The molecule has 0 atom stereocenters. The van der Waals surface area contributed by atoms with Gasteiger partial charge in [0, 0.05) is 11.8 Å². The Morgan fingerprint density at radius 1 is 1.44 bits per heavy atom. The van der Waals surface area contributed by atoms with E-state index in [-0.39, 0.29) is 35.2 Å². The van der Waals surface area contributed by atoms with Crippen molar-refractivity contribution < 1.29 is 14.3 Å². The lowest BCUT2D eigenvalue weighted by atomic mass is 10.2. The van der Waals surface area contributed by atoms with Crippen LogP contribution in [0.3, 0.4) is 0 Å². The largest absolute Gasteiger partial charge is 0.861 e. The van der Waals surface area contributed by atoms with Crippen LogP contribution in [0.25, 0.3) is 10.9 Å². The molecule has 1 fully saturated rings. The molecule has 1 aliphatic carbocycles. The van der Waals surface area contributed by atoms with Gasteiger partial charge in [-0.2, -0.15) is 0 Å². The number of aromatic nitrogens is 4. The van der Waals surface area contributed by atoms with Crippen LogP contribution in [0, 0.1) is 0 Å². The van der Waals surface area contributed by atoms with Crippen LogP contribution in [0.4, 0.5) is 5.88 Å². The minimum absolute atomic E-state index is 0.0526. The van der Waals surface area contributed by atoms with Gasteiger partial charge in [0.05, 0.1) is 10.9 Å². The Balaban J connectivity index is 1.58. The third-order valence-corrected chi connectivity index (χ3v) is 5.18. The van der Waals surface area contributed by atoms with Crippen molar-refractivity contribution in [2.45, 2.75) is 43.9 Å². The van der Waals surface area contributed by atoms with Crippen LogP contribution >= 0.6 is 11.8 Å². The van der Waals surface area contributed by atoms with Crippen molar-refractivity contribution in [3.05, 3.63) is 40.8 Å². The van der Waals surface area contributed by atoms with E-state index in [2.05, 4.69) is 15.2 Å². The van der Waals surface area contributed by atoms with Crippen LogP contribution in [0.1, 0.15) is 38.8 Å². The normalized spacial score (nSPS) is 15.0. The second kappa shape index (κ2) is 7.15. The van der Waals surface area contributed by atoms with E-state index in [1.807, 2.05) is 32.0 Å². The van der Waals surface area contributed by atoms with Crippen LogP contribution in [-0.4, -0.2) is 26.5 Å². The number of para-hydroxylation sites is 1. The summed E-state index contributed by atoms with van der Waals surface area (Å²) in [6.07, 6.45) is 3.50. The summed E-state index contributed by atoms with van der Waals surface area (Å²) in [7, 11) is 0.